The summed E-state index contributed by atoms with van der Waals surface area (Å²) in [5.74, 6) is 0.360. The Morgan fingerprint density at radius 1 is 1.05 bits per heavy atom. The lowest BCUT2D eigenvalue weighted by molar-refractivity contribution is -0.139. The summed E-state index contributed by atoms with van der Waals surface area (Å²) in [5.41, 5.74) is 0. The highest BCUT2D eigenvalue weighted by Crippen LogP contribution is 2.17. The molecular formula is C14H26N4O. The summed E-state index contributed by atoms with van der Waals surface area (Å²) in [6, 6.07) is 0.623. The molecule has 0 aromatic heterocycles. The lowest BCUT2D eigenvalue weighted by Gasteiger charge is -2.46. The van der Waals surface area contributed by atoms with E-state index in [0.717, 1.165) is 45.8 Å². The van der Waals surface area contributed by atoms with E-state index in [0.29, 0.717) is 18.4 Å². The van der Waals surface area contributed by atoms with Crippen molar-refractivity contribution < 1.29 is 4.79 Å². The van der Waals surface area contributed by atoms with Crippen LogP contribution in [0.3, 0.4) is 0 Å². The van der Waals surface area contributed by atoms with Gasteiger partial charge in [0.2, 0.25) is 5.91 Å². The molecule has 0 radical (unpaired) electrons. The number of carbonyl (C=O) groups excluding carboxylic acids is 1. The van der Waals surface area contributed by atoms with Gasteiger partial charge in [0.15, 0.2) is 0 Å². The fourth-order valence-electron chi connectivity index (χ4n) is 3.36. The standard InChI is InChI=1S/C14H26N4O/c19-14(3-8-16-6-1-2-7-16)18-11-13(12-18)17-9-4-15-5-10-17/h13,15H,1-12H2. The van der Waals surface area contributed by atoms with Gasteiger partial charge in [-0.05, 0) is 25.9 Å². The molecule has 0 saturated carbocycles. The van der Waals surface area contributed by atoms with Crippen LogP contribution in [0.2, 0.25) is 0 Å². The Labute approximate surface area is 115 Å². The van der Waals surface area contributed by atoms with Crippen LogP contribution < -0.4 is 5.32 Å². The van der Waals surface area contributed by atoms with Crippen molar-refractivity contribution in [3.8, 4) is 0 Å². The summed E-state index contributed by atoms with van der Waals surface area (Å²) < 4.78 is 0. The Balaban J connectivity index is 1.34. The van der Waals surface area contributed by atoms with Crippen LogP contribution in [0.25, 0.3) is 0 Å². The van der Waals surface area contributed by atoms with E-state index in [4.69, 9.17) is 0 Å². The van der Waals surface area contributed by atoms with Crippen molar-refractivity contribution >= 4 is 5.91 Å². The first kappa shape index (κ1) is 13.3. The van der Waals surface area contributed by atoms with Crippen LogP contribution in [0.4, 0.5) is 0 Å². The number of piperazine rings is 1. The molecule has 3 fully saturated rings. The van der Waals surface area contributed by atoms with Crippen molar-refractivity contribution in [1.82, 2.24) is 20.0 Å². The summed E-state index contributed by atoms with van der Waals surface area (Å²) in [4.78, 5) is 19.1. The number of rotatable bonds is 4. The molecule has 0 aromatic carbocycles. The van der Waals surface area contributed by atoms with Gasteiger partial charge in [-0.3, -0.25) is 9.69 Å². The van der Waals surface area contributed by atoms with E-state index >= 15 is 0 Å². The smallest absolute Gasteiger partial charge is 0.223 e. The Morgan fingerprint density at radius 2 is 1.74 bits per heavy atom. The fourth-order valence-corrected chi connectivity index (χ4v) is 3.36. The normalized spacial score (nSPS) is 26.6. The van der Waals surface area contributed by atoms with E-state index in [1.807, 2.05) is 4.90 Å². The Morgan fingerprint density at radius 3 is 2.42 bits per heavy atom. The molecule has 3 aliphatic heterocycles. The third kappa shape index (κ3) is 3.27. The third-order valence-electron chi connectivity index (χ3n) is 4.72. The van der Waals surface area contributed by atoms with Crippen LogP contribution >= 0.6 is 0 Å². The van der Waals surface area contributed by atoms with E-state index in [-0.39, 0.29) is 0 Å². The third-order valence-corrected chi connectivity index (χ3v) is 4.72. The van der Waals surface area contributed by atoms with Gasteiger partial charge >= 0.3 is 0 Å². The molecular weight excluding hydrogens is 240 g/mol. The lowest BCUT2D eigenvalue weighted by Crippen LogP contribution is -2.64. The number of nitrogens with one attached hydrogen (secondary N) is 1. The molecule has 0 atom stereocenters. The molecule has 0 spiro atoms. The number of hydrogen-bond donors (Lipinski definition) is 1. The minimum Gasteiger partial charge on any atom is -0.339 e. The molecule has 0 aliphatic carbocycles. The van der Waals surface area contributed by atoms with Crippen molar-refractivity contribution in [2.45, 2.75) is 25.3 Å². The van der Waals surface area contributed by atoms with Crippen LogP contribution in [0.5, 0.6) is 0 Å². The van der Waals surface area contributed by atoms with Gasteiger partial charge < -0.3 is 15.1 Å². The molecule has 3 saturated heterocycles. The minimum absolute atomic E-state index is 0.360. The number of amides is 1. The number of likely N-dealkylation sites (tertiary alicyclic amines) is 2. The van der Waals surface area contributed by atoms with Crippen molar-refractivity contribution in [1.29, 1.82) is 0 Å². The second-order valence-corrected chi connectivity index (χ2v) is 6.04. The Kier molecular flexibility index (Phi) is 4.35. The molecule has 0 aromatic rings. The van der Waals surface area contributed by atoms with Crippen LogP contribution in [0, 0.1) is 0 Å². The molecule has 5 nitrogen and oxygen atoms in total. The van der Waals surface area contributed by atoms with E-state index in [1.165, 1.54) is 25.9 Å². The molecule has 1 N–H and O–H groups in total. The molecule has 3 heterocycles. The van der Waals surface area contributed by atoms with Gasteiger partial charge in [-0.1, -0.05) is 0 Å². The van der Waals surface area contributed by atoms with Crippen molar-refractivity contribution in [3.63, 3.8) is 0 Å². The minimum atomic E-state index is 0.360. The molecule has 3 rings (SSSR count). The molecule has 19 heavy (non-hydrogen) atoms. The van der Waals surface area contributed by atoms with Crippen molar-refractivity contribution in [2.75, 3.05) is 58.9 Å². The number of carbonyl (C=O) groups is 1. The first-order chi connectivity index (χ1) is 9.33. The predicted octanol–water partition coefficient (Wildman–Crippen LogP) is -0.412. The van der Waals surface area contributed by atoms with Crippen LogP contribution in [0.15, 0.2) is 0 Å². The largest absolute Gasteiger partial charge is 0.339 e. The molecule has 108 valence electrons. The van der Waals surface area contributed by atoms with Gasteiger partial charge in [0.05, 0.1) is 0 Å². The molecule has 5 heteroatoms. The van der Waals surface area contributed by atoms with Crippen LogP contribution in [-0.4, -0.2) is 85.6 Å². The Bertz CT molecular complexity index is 305. The van der Waals surface area contributed by atoms with E-state index in [9.17, 15) is 4.79 Å². The first-order valence-electron chi connectivity index (χ1n) is 7.78. The van der Waals surface area contributed by atoms with E-state index in [2.05, 4.69) is 15.1 Å². The second-order valence-electron chi connectivity index (χ2n) is 6.04. The summed E-state index contributed by atoms with van der Waals surface area (Å²) >= 11 is 0. The monoisotopic (exact) mass is 266 g/mol. The SMILES string of the molecule is O=C(CCN1CCCC1)N1CC(N2CCNCC2)C1. The zero-order valence-electron chi connectivity index (χ0n) is 11.8. The summed E-state index contributed by atoms with van der Waals surface area (Å²) in [7, 11) is 0. The van der Waals surface area contributed by atoms with Crippen molar-refractivity contribution in [2.24, 2.45) is 0 Å². The maximum atomic E-state index is 12.1. The topological polar surface area (TPSA) is 38.8 Å². The first-order valence-corrected chi connectivity index (χ1v) is 7.78. The zero-order chi connectivity index (χ0) is 13.1. The van der Waals surface area contributed by atoms with Gasteiger partial charge in [0, 0.05) is 58.3 Å². The van der Waals surface area contributed by atoms with E-state index < -0.39 is 0 Å². The highest BCUT2D eigenvalue weighted by atomic mass is 16.2. The van der Waals surface area contributed by atoms with Crippen LogP contribution in [-0.2, 0) is 4.79 Å². The molecule has 0 unspecified atom stereocenters. The predicted molar refractivity (Wildman–Crippen MR) is 75.1 cm³/mol. The van der Waals surface area contributed by atoms with Gasteiger partial charge in [0.1, 0.15) is 0 Å². The number of hydrogen-bond acceptors (Lipinski definition) is 4. The maximum absolute atomic E-state index is 12.1. The number of nitrogens with zero attached hydrogens (tertiary/aromatic N) is 3. The summed E-state index contributed by atoms with van der Waals surface area (Å²) in [5, 5.41) is 3.38. The van der Waals surface area contributed by atoms with Crippen molar-refractivity contribution in [3.05, 3.63) is 0 Å². The highest BCUT2D eigenvalue weighted by molar-refractivity contribution is 5.77. The molecule has 3 aliphatic rings. The van der Waals surface area contributed by atoms with Gasteiger partial charge in [0.25, 0.3) is 0 Å². The average molecular weight is 266 g/mol. The second kappa shape index (κ2) is 6.20. The zero-order valence-corrected chi connectivity index (χ0v) is 11.8. The molecule has 0 bridgehead atoms. The Hall–Kier alpha value is -0.650. The quantitative estimate of drug-likeness (QED) is 0.751. The summed E-state index contributed by atoms with van der Waals surface area (Å²) in [6.07, 6.45) is 3.33. The van der Waals surface area contributed by atoms with E-state index in [1.54, 1.807) is 0 Å². The molecule has 1 amide bonds. The van der Waals surface area contributed by atoms with Gasteiger partial charge in [-0.15, -0.1) is 0 Å². The highest BCUT2D eigenvalue weighted by Gasteiger charge is 2.34. The lowest BCUT2D eigenvalue weighted by atomic mass is 10.1. The van der Waals surface area contributed by atoms with Gasteiger partial charge in [-0.2, -0.15) is 0 Å². The average Bonchev–Trinajstić information content (AvgIpc) is 2.89. The van der Waals surface area contributed by atoms with Crippen LogP contribution in [0.1, 0.15) is 19.3 Å². The van der Waals surface area contributed by atoms with Gasteiger partial charge in [-0.25, -0.2) is 0 Å². The fraction of sp³-hybridized carbons (Fsp3) is 0.929. The maximum Gasteiger partial charge on any atom is 0.223 e. The summed E-state index contributed by atoms with van der Waals surface area (Å²) in [6.45, 7) is 9.73.